The molecule has 1 aromatic rings. The summed E-state index contributed by atoms with van der Waals surface area (Å²) in [6, 6.07) is 5.24. The van der Waals surface area contributed by atoms with Crippen LogP contribution in [-0.2, 0) is 4.79 Å². The van der Waals surface area contributed by atoms with Crippen molar-refractivity contribution in [3.05, 3.63) is 30.1 Å². The normalized spacial score (nSPS) is 17.9. The number of amides is 3. The number of likely N-dealkylation sites (N-methyl/N-ethyl adjacent to an activating group) is 1. The van der Waals surface area contributed by atoms with E-state index in [2.05, 4.69) is 10.6 Å². The van der Waals surface area contributed by atoms with Crippen LogP contribution in [0.3, 0.4) is 0 Å². The van der Waals surface area contributed by atoms with Gasteiger partial charge in [0.15, 0.2) is 0 Å². The van der Waals surface area contributed by atoms with Crippen molar-refractivity contribution in [2.24, 2.45) is 0 Å². The number of rotatable bonds is 5. The molecule has 1 aromatic carbocycles. The lowest BCUT2D eigenvalue weighted by Gasteiger charge is -2.17. The van der Waals surface area contributed by atoms with Gasteiger partial charge in [0, 0.05) is 31.7 Å². The molecule has 0 unspecified atom stereocenters. The number of nitrogens with zero attached hydrogens (tertiary/aromatic N) is 2. The second-order valence-electron chi connectivity index (χ2n) is 5.59. The van der Waals surface area contributed by atoms with Crippen molar-refractivity contribution in [3.8, 4) is 0 Å². The number of carbonyl (C=O) groups excluding carboxylic acids is 2. The number of urea groups is 1. The number of benzene rings is 1. The van der Waals surface area contributed by atoms with Gasteiger partial charge in [-0.3, -0.25) is 4.79 Å². The van der Waals surface area contributed by atoms with Crippen molar-refractivity contribution in [1.82, 2.24) is 15.5 Å². The van der Waals surface area contributed by atoms with Gasteiger partial charge in [-0.05, 0) is 38.4 Å². The van der Waals surface area contributed by atoms with Gasteiger partial charge in [0.25, 0.3) is 0 Å². The van der Waals surface area contributed by atoms with Crippen LogP contribution in [0, 0.1) is 5.82 Å². The van der Waals surface area contributed by atoms with E-state index in [0.29, 0.717) is 18.8 Å². The third kappa shape index (κ3) is 4.42. The molecule has 7 heteroatoms. The molecule has 0 bridgehead atoms. The van der Waals surface area contributed by atoms with Crippen LogP contribution in [0.5, 0.6) is 0 Å². The molecular formula is C15H21FN4O2. The number of nitrogens with one attached hydrogen (secondary N) is 2. The van der Waals surface area contributed by atoms with Gasteiger partial charge < -0.3 is 20.4 Å². The topological polar surface area (TPSA) is 64.7 Å². The maximum Gasteiger partial charge on any atom is 0.315 e. The van der Waals surface area contributed by atoms with Gasteiger partial charge in [-0.1, -0.05) is 0 Å². The maximum absolute atomic E-state index is 12.9. The van der Waals surface area contributed by atoms with Gasteiger partial charge >= 0.3 is 6.03 Å². The van der Waals surface area contributed by atoms with Crippen molar-refractivity contribution in [2.45, 2.75) is 12.5 Å². The smallest absolute Gasteiger partial charge is 0.315 e. The molecule has 1 aliphatic heterocycles. The zero-order chi connectivity index (χ0) is 16.1. The van der Waals surface area contributed by atoms with Crippen LogP contribution in [0.15, 0.2) is 24.3 Å². The number of anilines is 1. The van der Waals surface area contributed by atoms with Crippen LogP contribution >= 0.6 is 0 Å². The van der Waals surface area contributed by atoms with E-state index in [-0.39, 0.29) is 30.2 Å². The Hall–Kier alpha value is -2.15. The Morgan fingerprint density at radius 1 is 1.36 bits per heavy atom. The zero-order valence-electron chi connectivity index (χ0n) is 12.8. The van der Waals surface area contributed by atoms with Gasteiger partial charge in [0.1, 0.15) is 5.82 Å². The van der Waals surface area contributed by atoms with Crippen LogP contribution in [0.2, 0.25) is 0 Å². The molecule has 2 rings (SSSR count). The van der Waals surface area contributed by atoms with Crippen molar-refractivity contribution in [3.63, 3.8) is 0 Å². The monoisotopic (exact) mass is 308 g/mol. The summed E-state index contributed by atoms with van der Waals surface area (Å²) < 4.78 is 12.9. The third-order valence-electron chi connectivity index (χ3n) is 3.44. The summed E-state index contributed by atoms with van der Waals surface area (Å²) in [7, 11) is 3.85. The van der Waals surface area contributed by atoms with E-state index in [1.165, 1.54) is 12.1 Å². The first-order chi connectivity index (χ1) is 10.5. The minimum absolute atomic E-state index is 0.0785. The fraction of sp³-hybridized carbons (Fsp3) is 0.467. The Balaban J connectivity index is 1.84. The van der Waals surface area contributed by atoms with E-state index in [4.69, 9.17) is 0 Å². The molecule has 22 heavy (non-hydrogen) atoms. The molecule has 1 aliphatic rings. The SMILES string of the molecule is CN(C)CCNC(=O)N[C@@H]1CC(=O)N(c2ccc(F)cc2)C1. The fourth-order valence-electron chi connectivity index (χ4n) is 2.30. The lowest BCUT2D eigenvalue weighted by molar-refractivity contribution is -0.117. The van der Waals surface area contributed by atoms with E-state index in [1.54, 1.807) is 17.0 Å². The second kappa shape index (κ2) is 7.22. The highest BCUT2D eigenvalue weighted by molar-refractivity contribution is 5.96. The number of hydrogen-bond donors (Lipinski definition) is 2. The minimum Gasteiger partial charge on any atom is -0.337 e. The van der Waals surface area contributed by atoms with Crippen LogP contribution in [-0.4, -0.2) is 56.6 Å². The molecule has 0 aromatic heterocycles. The van der Waals surface area contributed by atoms with Gasteiger partial charge in [-0.25, -0.2) is 9.18 Å². The lowest BCUT2D eigenvalue weighted by Crippen LogP contribution is -2.45. The van der Waals surface area contributed by atoms with Crippen LogP contribution in [0.1, 0.15) is 6.42 Å². The number of carbonyl (C=O) groups is 2. The van der Waals surface area contributed by atoms with E-state index < -0.39 is 0 Å². The average molecular weight is 308 g/mol. The summed E-state index contributed by atoms with van der Waals surface area (Å²) in [6.07, 6.45) is 0.248. The first kappa shape index (κ1) is 16.2. The van der Waals surface area contributed by atoms with Gasteiger partial charge in [-0.2, -0.15) is 0 Å². The Bertz CT molecular complexity index is 533. The molecule has 120 valence electrons. The van der Waals surface area contributed by atoms with Crippen LogP contribution in [0.25, 0.3) is 0 Å². The van der Waals surface area contributed by atoms with Crippen molar-refractivity contribution in [2.75, 3.05) is 38.6 Å². The average Bonchev–Trinajstić information content (AvgIpc) is 2.80. The molecule has 1 saturated heterocycles. The first-order valence-corrected chi connectivity index (χ1v) is 7.20. The summed E-state index contributed by atoms with van der Waals surface area (Å²) in [5.41, 5.74) is 0.642. The van der Waals surface area contributed by atoms with Crippen LogP contribution < -0.4 is 15.5 Å². The molecule has 0 aliphatic carbocycles. The molecule has 0 spiro atoms. The minimum atomic E-state index is -0.342. The molecule has 1 heterocycles. The Labute approximate surface area is 129 Å². The van der Waals surface area contributed by atoms with Gasteiger partial charge in [0.2, 0.25) is 5.91 Å². The number of halogens is 1. The van der Waals surface area contributed by atoms with Gasteiger partial charge in [0.05, 0.1) is 6.04 Å². The Morgan fingerprint density at radius 3 is 2.68 bits per heavy atom. The molecule has 6 nitrogen and oxygen atoms in total. The molecule has 2 N–H and O–H groups in total. The Kier molecular flexibility index (Phi) is 5.32. The predicted octanol–water partition coefficient (Wildman–Crippen LogP) is 0.792. The van der Waals surface area contributed by atoms with E-state index in [1.807, 2.05) is 19.0 Å². The largest absolute Gasteiger partial charge is 0.337 e. The Morgan fingerprint density at radius 2 is 2.05 bits per heavy atom. The van der Waals surface area contributed by atoms with Crippen molar-refractivity contribution in [1.29, 1.82) is 0 Å². The predicted molar refractivity (Wildman–Crippen MR) is 82.2 cm³/mol. The molecule has 3 amide bonds. The summed E-state index contributed by atoms with van der Waals surface area (Å²) >= 11 is 0. The fourth-order valence-corrected chi connectivity index (χ4v) is 2.30. The van der Waals surface area contributed by atoms with Crippen LogP contribution in [0.4, 0.5) is 14.9 Å². The second-order valence-corrected chi connectivity index (χ2v) is 5.59. The standard InChI is InChI=1S/C15H21FN4O2/c1-19(2)8-7-17-15(22)18-12-9-14(21)20(10-12)13-5-3-11(16)4-6-13/h3-6,12H,7-10H2,1-2H3,(H2,17,18,22)/t12-/m1/s1. The lowest BCUT2D eigenvalue weighted by atomic mass is 10.2. The maximum atomic E-state index is 12.9. The molecule has 0 saturated carbocycles. The highest BCUT2D eigenvalue weighted by atomic mass is 19.1. The van der Waals surface area contributed by atoms with E-state index >= 15 is 0 Å². The molecule has 1 fully saturated rings. The summed E-state index contributed by atoms with van der Waals surface area (Å²) in [5.74, 6) is -0.421. The molecule has 0 radical (unpaired) electrons. The van der Waals surface area contributed by atoms with Gasteiger partial charge in [-0.15, -0.1) is 0 Å². The first-order valence-electron chi connectivity index (χ1n) is 7.20. The summed E-state index contributed by atoms with van der Waals surface area (Å²) in [6.45, 7) is 1.69. The highest BCUT2D eigenvalue weighted by Gasteiger charge is 2.31. The van der Waals surface area contributed by atoms with Crippen molar-refractivity contribution < 1.29 is 14.0 Å². The molecular weight excluding hydrogens is 287 g/mol. The quantitative estimate of drug-likeness (QED) is 0.845. The molecule has 1 atom stereocenters. The van der Waals surface area contributed by atoms with E-state index in [9.17, 15) is 14.0 Å². The third-order valence-corrected chi connectivity index (χ3v) is 3.44. The zero-order valence-corrected chi connectivity index (χ0v) is 12.8. The summed E-state index contributed by atoms with van der Waals surface area (Å²) in [5, 5.41) is 5.54. The number of hydrogen-bond acceptors (Lipinski definition) is 3. The van der Waals surface area contributed by atoms with Crippen molar-refractivity contribution >= 4 is 17.6 Å². The highest BCUT2D eigenvalue weighted by Crippen LogP contribution is 2.21. The summed E-state index contributed by atoms with van der Waals surface area (Å²) in [4.78, 5) is 27.3. The van der Waals surface area contributed by atoms with E-state index in [0.717, 1.165) is 6.54 Å².